The summed E-state index contributed by atoms with van der Waals surface area (Å²) >= 11 is 0. The maximum absolute atomic E-state index is 13.9. The van der Waals surface area contributed by atoms with E-state index in [4.69, 9.17) is 0 Å². The molecule has 2 aromatic carbocycles. The van der Waals surface area contributed by atoms with Crippen LogP contribution in [0.15, 0.2) is 42.5 Å². The van der Waals surface area contributed by atoms with E-state index in [0.717, 1.165) is 19.4 Å². The average Bonchev–Trinajstić information content (AvgIpc) is 3.37. The van der Waals surface area contributed by atoms with E-state index in [1.807, 2.05) is 18.9 Å². The Morgan fingerprint density at radius 2 is 1.78 bits per heavy atom. The third-order valence-electron chi connectivity index (χ3n) is 8.80. The second kappa shape index (κ2) is 10.8. The Bertz CT molecular complexity index is 1200. The fraction of sp³-hybridized carbons (Fsp3) is 0.586. The molecule has 37 heavy (non-hydrogen) atoms. The lowest BCUT2D eigenvalue weighted by molar-refractivity contribution is -0.0556. The number of aliphatic hydroxyl groups is 1. The number of aryl methyl sites for hydroxylation is 1. The van der Waals surface area contributed by atoms with Crippen molar-refractivity contribution >= 4 is 10.0 Å². The van der Waals surface area contributed by atoms with Gasteiger partial charge in [0.25, 0.3) is 0 Å². The predicted octanol–water partition coefficient (Wildman–Crippen LogP) is 3.47. The van der Waals surface area contributed by atoms with Crippen LogP contribution in [0.3, 0.4) is 0 Å². The molecule has 2 N–H and O–H groups in total. The van der Waals surface area contributed by atoms with Crippen molar-refractivity contribution in [3.63, 3.8) is 0 Å². The second-order valence-electron chi connectivity index (χ2n) is 11.2. The number of rotatable bonds is 6. The molecule has 4 atom stereocenters. The van der Waals surface area contributed by atoms with Crippen molar-refractivity contribution in [2.45, 2.75) is 76.4 Å². The SMILES string of the molecule is Cc1cccc(-c2ccc(C3C(CO)N4CCCCN(S(=O)(=O)C5CCNN5C(C)C)C[C@@H]34)cc2)c1C. The fourth-order valence-corrected chi connectivity index (χ4v) is 8.74. The lowest BCUT2D eigenvalue weighted by Crippen LogP contribution is -2.68. The van der Waals surface area contributed by atoms with Crippen molar-refractivity contribution in [3.8, 4) is 11.1 Å². The van der Waals surface area contributed by atoms with Crippen molar-refractivity contribution < 1.29 is 13.5 Å². The van der Waals surface area contributed by atoms with Gasteiger partial charge in [-0.05, 0) is 81.3 Å². The van der Waals surface area contributed by atoms with Gasteiger partial charge in [0.1, 0.15) is 5.37 Å². The topological polar surface area (TPSA) is 76.1 Å². The maximum Gasteiger partial charge on any atom is 0.231 e. The number of fused-ring (bicyclic) bond motifs is 1. The molecule has 3 saturated heterocycles. The molecule has 0 aliphatic carbocycles. The summed E-state index contributed by atoms with van der Waals surface area (Å²) in [4.78, 5) is 2.35. The quantitative estimate of drug-likeness (QED) is 0.601. The van der Waals surface area contributed by atoms with Crippen LogP contribution in [0.1, 0.15) is 55.7 Å². The molecule has 0 saturated carbocycles. The van der Waals surface area contributed by atoms with Gasteiger partial charge in [0.15, 0.2) is 0 Å². The van der Waals surface area contributed by atoms with Gasteiger partial charge in [0.2, 0.25) is 10.0 Å². The van der Waals surface area contributed by atoms with Crippen LogP contribution < -0.4 is 5.43 Å². The molecule has 202 valence electrons. The van der Waals surface area contributed by atoms with Crippen LogP contribution in [0.2, 0.25) is 0 Å². The van der Waals surface area contributed by atoms with Gasteiger partial charge < -0.3 is 5.11 Å². The van der Waals surface area contributed by atoms with E-state index in [-0.39, 0.29) is 30.7 Å². The molecule has 2 aromatic rings. The second-order valence-corrected chi connectivity index (χ2v) is 13.3. The fourth-order valence-electron chi connectivity index (χ4n) is 6.63. The smallest absolute Gasteiger partial charge is 0.231 e. The number of benzene rings is 2. The Morgan fingerprint density at radius 3 is 2.49 bits per heavy atom. The van der Waals surface area contributed by atoms with Gasteiger partial charge in [-0.15, -0.1) is 0 Å². The van der Waals surface area contributed by atoms with Crippen molar-refractivity contribution in [1.82, 2.24) is 19.6 Å². The summed E-state index contributed by atoms with van der Waals surface area (Å²) in [6.07, 6.45) is 2.39. The molecule has 0 aromatic heterocycles. The van der Waals surface area contributed by atoms with Crippen LogP contribution >= 0.6 is 0 Å². The number of hydrogen-bond donors (Lipinski definition) is 2. The zero-order chi connectivity index (χ0) is 26.3. The first-order chi connectivity index (χ1) is 17.7. The molecule has 0 amide bonds. The Labute approximate surface area is 222 Å². The molecule has 3 aliphatic rings. The lowest BCUT2D eigenvalue weighted by atomic mass is 9.74. The highest BCUT2D eigenvalue weighted by molar-refractivity contribution is 7.89. The summed E-state index contributed by atoms with van der Waals surface area (Å²) in [5.41, 5.74) is 9.45. The van der Waals surface area contributed by atoms with Crippen LogP contribution in [0.4, 0.5) is 0 Å². The van der Waals surface area contributed by atoms with E-state index in [2.05, 4.69) is 66.6 Å². The zero-order valence-corrected chi connectivity index (χ0v) is 23.4. The third-order valence-corrected chi connectivity index (χ3v) is 11.0. The average molecular weight is 527 g/mol. The lowest BCUT2D eigenvalue weighted by Gasteiger charge is -2.57. The van der Waals surface area contributed by atoms with Gasteiger partial charge in [-0.1, -0.05) is 42.5 Å². The summed E-state index contributed by atoms with van der Waals surface area (Å²) in [6.45, 7) is 11.1. The van der Waals surface area contributed by atoms with E-state index < -0.39 is 15.4 Å². The molecule has 0 bridgehead atoms. The maximum atomic E-state index is 13.9. The molecule has 3 fully saturated rings. The van der Waals surface area contributed by atoms with Gasteiger partial charge in [0, 0.05) is 43.7 Å². The Balaban J connectivity index is 1.41. The molecule has 3 heterocycles. The minimum atomic E-state index is -3.49. The highest BCUT2D eigenvalue weighted by Gasteiger charge is 2.51. The van der Waals surface area contributed by atoms with Crippen molar-refractivity contribution in [3.05, 3.63) is 59.2 Å². The normalized spacial score (nSPS) is 28.1. The predicted molar refractivity (Wildman–Crippen MR) is 149 cm³/mol. The van der Waals surface area contributed by atoms with Crippen LogP contribution in [0.5, 0.6) is 0 Å². The molecular weight excluding hydrogens is 484 g/mol. The monoisotopic (exact) mass is 526 g/mol. The third kappa shape index (κ3) is 4.88. The highest BCUT2D eigenvalue weighted by atomic mass is 32.2. The van der Waals surface area contributed by atoms with E-state index in [1.165, 1.54) is 27.8 Å². The number of aliphatic hydroxyl groups excluding tert-OH is 1. The van der Waals surface area contributed by atoms with Crippen LogP contribution in [0, 0.1) is 13.8 Å². The van der Waals surface area contributed by atoms with Crippen molar-refractivity contribution in [2.75, 3.05) is 32.8 Å². The summed E-state index contributed by atoms with van der Waals surface area (Å²) < 4.78 is 29.5. The van der Waals surface area contributed by atoms with E-state index >= 15 is 0 Å². The van der Waals surface area contributed by atoms with Gasteiger partial charge in [-0.2, -0.15) is 4.31 Å². The molecule has 3 aliphatic heterocycles. The summed E-state index contributed by atoms with van der Waals surface area (Å²) in [7, 11) is -3.49. The first-order valence-electron chi connectivity index (χ1n) is 13.8. The first kappa shape index (κ1) is 26.8. The minimum absolute atomic E-state index is 0.0273. The molecule has 8 heteroatoms. The van der Waals surface area contributed by atoms with E-state index in [1.54, 1.807) is 4.31 Å². The van der Waals surface area contributed by atoms with Crippen LogP contribution in [-0.4, -0.2) is 84.0 Å². The number of sulfonamides is 1. The molecule has 7 nitrogen and oxygen atoms in total. The summed E-state index contributed by atoms with van der Waals surface area (Å²) in [5.74, 6) is 0.108. The van der Waals surface area contributed by atoms with Crippen LogP contribution in [0.25, 0.3) is 11.1 Å². The summed E-state index contributed by atoms with van der Waals surface area (Å²) in [5, 5.41) is 11.7. The van der Waals surface area contributed by atoms with E-state index in [9.17, 15) is 13.5 Å². The number of nitrogens with zero attached hydrogens (tertiary/aromatic N) is 3. The Kier molecular flexibility index (Phi) is 7.78. The summed E-state index contributed by atoms with van der Waals surface area (Å²) in [6, 6.07) is 15.3. The highest BCUT2D eigenvalue weighted by Crippen LogP contribution is 2.43. The van der Waals surface area contributed by atoms with Gasteiger partial charge in [-0.25, -0.2) is 13.4 Å². The molecule has 0 spiro atoms. The molecule has 3 unspecified atom stereocenters. The number of hydrazine groups is 1. The minimum Gasteiger partial charge on any atom is -0.395 e. The van der Waals surface area contributed by atoms with Crippen molar-refractivity contribution in [1.29, 1.82) is 0 Å². The largest absolute Gasteiger partial charge is 0.395 e. The molecule has 0 radical (unpaired) electrons. The zero-order valence-electron chi connectivity index (χ0n) is 22.6. The van der Waals surface area contributed by atoms with Crippen molar-refractivity contribution in [2.24, 2.45) is 0 Å². The number of nitrogens with one attached hydrogen (secondary N) is 1. The van der Waals surface area contributed by atoms with E-state index in [0.29, 0.717) is 26.1 Å². The number of hydrogen-bond acceptors (Lipinski definition) is 6. The first-order valence-corrected chi connectivity index (χ1v) is 15.3. The van der Waals surface area contributed by atoms with Gasteiger partial charge in [-0.3, -0.25) is 10.3 Å². The van der Waals surface area contributed by atoms with Gasteiger partial charge >= 0.3 is 0 Å². The van der Waals surface area contributed by atoms with Crippen LogP contribution in [-0.2, 0) is 10.0 Å². The molecule has 5 rings (SSSR count). The Hall–Kier alpha value is -1.81. The Morgan fingerprint density at radius 1 is 1.05 bits per heavy atom. The molecular formula is C29H42N4O3S. The standard InChI is InChI=1S/C29H42N4O3S/c1-20(2)33-28(14-15-30-33)37(35,36)31-16-5-6-17-32-26(18-31)29(27(32)19-34)24-12-10-23(11-13-24)25-9-7-8-21(3)22(25)4/h7-13,20,26-30,34H,5-6,14-19H2,1-4H3/t26-,27?,28?,29?/m0/s1. The van der Waals surface area contributed by atoms with Gasteiger partial charge in [0.05, 0.1) is 6.61 Å².